The summed E-state index contributed by atoms with van der Waals surface area (Å²) in [6.45, 7) is -3.23. The summed E-state index contributed by atoms with van der Waals surface area (Å²) >= 11 is 1.26. The molecule has 17 heteroatoms. The molecule has 0 spiro atoms. The Hall–Kier alpha value is -3.76. The van der Waals surface area contributed by atoms with Crippen LogP contribution in [0, 0.1) is 11.8 Å². The van der Waals surface area contributed by atoms with E-state index < -0.39 is 36.4 Å². The van der Waals surface area contributed by atoms with E-state index in [9.17, 15) is 31.5 Å². The molecule has 3 aliphatic rings. The van der Waals surface area contributed by atoms with Gasteiger partial charge in [-0.1, -0.05) is 0 Å². The first-order valence-corrected chi connectivity index (χ1v) is 14.2. The second-order valence-corrected chi connectivity index (χ2v) is 11.9. The molecule has 0 bridgehead atoms. The zero-order valence-corrected chi connectivity index (χ0v) is 23.1. The van der Waals surface area contributed by atoms with Gasteiger partial charge < -0.3 is 20.7 Å². The average Bonchev–Trinajstić information content (AvgIpc) is 3.28. The van der Waals surface area contributed by atoms with Crippen LogP contribution in [0.1, 0.15) is 52.5 Å². The van der Waals surface area contributed by atoms with E-state index in [2.05, 4.69) is 36.0 Å². The normalized spacial score (nSPS) is 24.1. The minimum Gasteiger partial charge on any atom is -0.415 e. The summed E-state index contributed by atoms with van der Waals surface area (Å²) < 4.78 is 72.9. The number of hydrogen-bond donors (Lipinski definition) is 3. The quantitative estimate of drug-likeness (QED) is 0.292. The summed E-state index contributed by atoms with van der Waals surface area (Å²) in [4.78, 5) is 27.0. The first-order valence-electron chi connectivity index (χ1n) is 13.4. The number of amides is 2. The Balaban J connectivity index is 1.23. The fourth-order valence-corrected chi connectivity index (χ4v) is 6.57. The maximum Gasteiger partial charge on any atom is 0.388 e. The molecule has 0 aromatic carbocycles. The lowest BCUT2D eigenvalue weighted by Crippen LogP contribution is -2.36. The number of ether oxygens (including phenoxy) is 1. The Morgan fingerprint density at radius 1 is 1.29 bits per heavy atom. The van der Waals surface area contributed by atoms with Crippen LogP contribution in [0.2, 0.25) is 0 Å². The van der Waals surface area contributed by atoms with Gasteiger partial charge in [0.2, 0.25) is 17.7 Å². The van der Waals surface area contributed by atoms with Gasteiger partial charge in [0.05, 0.1) is 5.56 Å². The topological polar surface area (TPSA) is 128 Å². The number of hydrogen-bond acceptors (Lipinski definition) is 8. The third-order valence-electron chi connectivity index (χ3n) is 7.89. The highest BCUT2D eigenvalue weighted by Crippen LogP contribution is 2.48. The second-order valence-electron chi connectivity index (χ2n) is 10.8. The molecule has 2 fully saturated rings. The molecular formula is C25H27F5N8O3S. The van der Waals surface area contributed by atoms with E-state index >= 15 is 0 Å². The van der Waals surface area contributed by atoms with Crippen LogP contribution in [-0.4, -0.2) is 61.6 Å². The van der Waals surface area contributed by atoms with Crippen molar-refractivity contribution in [1.29, 1.82) is 0 Å². The molecule has 2 saturated carbocycles. The number of nitrogens with zero attached hydrogens (tertiary/aromatic N) is 5. The molecule has 226 valence electrons. The minimum atomic E-state index is -3.03. The van der Waals surface area contributed by atoms with Crippen molar-refractivity contribution in [2.45, 2.75) is 63.3 Å². The summed E-state index contributed by atoms with van der Waals surface area (Å²) in [5.41, 5.74) is 0.896. The predicted molar refractivity (Wildman–Crippen MR) is 140 cm³/mol. The molecule has 1 unspecified atom stereocenters. The van der Waals surface area contributed by atoms with Gasteiger partial charge in [0.25, 0.3) is 11.8 Å². The zero-order chi connectivity index (χ0) is 29.8. The monoisotopic (exact) mass is 614 g/mol. The van der Waals surface area contributed by atoms with Gasteiger partial charge in [0.15, 0.2) is 0 Å². The maximum atomic E-state index is 13.5. The molecule has 0 aliphatic heterocycles. The molecule has 2 amide bonds. The third kappa shape index (κ3) is 5.65. The van der Waals surface area contributed by atoms with Crippen molar-refractivity contribution in [3.63, 3.8) is 0 Å². The van der Waals surface area contributed by atoms with Gasteiger partial charge in [0, 0.05) is 48.8 Å². The molecule has 0 radical (unpaired) electrons. The number of alkyl halides is 5. The first-order chi connectivity index (χ1) is 20.0. The van der Waals surface area contributed by atoms with Crippen molar-refractivity contribution < 1.29 is 36.3 Å². The number of aromatic nitrogens is 5. The zero-order valence-electron chi connectivity index (χ0n) is 22.3. The Bertz CT molecular complexity index is 1500. The van der Waals surface area contributed by atoms with Crippen LogP contribution in [0.4, 0.5) is 38.7 Å². The summed E-state index contributed by atoms with van der Waals surface area (Å²) in [6, 6.07) is 1.05. The molecule has 0 saturated heterocycles. The summed E-state index contributed by atoms with van der Waals surface area (Å²) in [6.07, 6.45) is 1.94. The molecule has 11 nitrogen and oxygen atoms in total. The lowest BCUT2D eigenvalue weighted by molar-refractivity contribution is -0.124. The lowest BCUT2D eigenvalue weighted by atomic mass is 9.83. The fraction of sp³-hybridized carbons (Fsp3) is 0.560. The van der Waals surface area contributed by atoms with E-state index in [0.717, 1.165) is 4.88 Å². The van der Waals surface area contributed by atoms with Gasteiger partial charge in [-0.3, -0.25) is 14.2 Å². The number of halogens is 5. The average molecular weight is 615 g/mol. The van der Waals surface area contributed by atoms with Crippen LogP contribution in [0.15, 0.2) is 12.4 Å². The second kappa shape index (κ2) is 10.8. The van der Waals surface area contributed by atoms with E-state index in [1.807, 2.05) is 0 Å². The highest BCUT2D eigenvalue weighted by atomic mass is 32.1. The number of rotatable bonds is 10. The van der Waals surface area contributed by atoms with Crippen molar-refractivity contribution in [3.05, 3.63) is 28.4 Å². The number of anilines is 3. The van der Waals surface area contributed by atoms with Gasteiger partial charge in [-0.25, -0.2) is 17.9 Å². The molecule has 3 aliphatic carbocycles. The Labute approximate surface area is 239 Å². The van der Waals surface area contributed by atoms with Gasteiger partial charge in [-0.15, -0.1) is 26.6 Å². The predicted octanol–water partition coefficient (Wildman–Crippen LogP) is 4.22. The van der Waals surface area contributed by atoms with Crippen LogP contribution >= 0.6 is 11.3 Å². The Morgan fingerprint density at radius 2 is 2.05 bits per heavy atom. The molecular weight excluding hydrogens is 587 g/mol. The van der Waals surface area contributed by atoms with Crippen LogP contribution in [-0.2, 0) is 24.7 Å². The number of carbonyl (C=O) groups is 2. The van der Waals surface area contributed by atoms with Crippen LogP contribution in [0.5, 0.6) is 5.88 Å². The van der Waals surface area contributed by atoms with Gasteiger partial charge in [-0.2, -0.15) is 8.78 Å². The number of carbonyl (C=O) groups excluding carboxylic acids is 2. The standard InChI is InChI=1S/C25H27F5N8O3S/c1-37-17(7-18(36-37)41-23(27)28)33-24-35-32-10-38(24)14-2-3-16-15(6-14)19(21(40)31-9-12-8-25(12,29)30)22(42-16)34-20(39)11-4-13(26)5-11/h7,10-14,23H,2-6,8-9H2,1H3,(H,31,40)(H,33,35)(H,34,39)/t11?,12-,13?,14?/m0/s1. The highest BCUT2D eigenvalue weighted by Gasteiger charge is 2.56. The summed E-state index contributed by atoms with van der Waals surface area (Å²) in [5, 5.41) is 20.7. The van der Waals surface area contributed by atoms with Crippen molar-refractivity contribution in [2.24, 2.45) is 18.9 Å². The lowest BCUT2D eigenvalue weighted by Gasteiger charge is -2.28. The molecule has 3 aromatic heterocycles. The number of nitrogens with one attached hydrogen (secondary N) is 3. The SMILES string of the molecule is Cn1nc(OC(F)F)cc1Nc1nncn1C1CCc2sc(NC(=O)C3CC(F)C3)c(C(=O)NC[C@@H]3CC3(F)F)c2C1. The highest BCUT2D eigenvalue weighted by molar-refractivity contribution is 7.17. The Morgan fingerprint density at radius 3 is 2.74 bits per heavy atom. The molecule has 2 atom stereocenters. The van der Waals surface area contributed by atoms with E-state index in [1.165, 1.54) is 35.5 Å². The molecule has 3 aromatic rings. The molecule has 3 heterocycles. The van der Waals surface area contributed by atoms with E-state index in [-0.39, 0.29) is 49.2 Å². The fourth-order valence-electron chi connectivity index (χ4n) is 5.32. The first kappa shape index (κ1) is 28.4. The van der Waals surface area contributed by atoms with E-state index in [4.69, 9.17) is 0 Å². The van der Waals surface area contributed by atoms with Crippen molar-refractivity contribution in [3.8, 4) is 5.88 Å². The summed E-state index contributed by atoms with van der Waals surface area (Å²) in [7, 11) is 1.54. The number of thiophene rings is 1. The third-order valence-corrected chi connectivity index (χ3v) is 9.10. The van der Waals surface area contributed by atoms with Gasteiger partial charge in [0.1, 0.15) is 23.3 Å². The van der Waals surface area contributed by atoms with Crippen molar-refractivity contribution >= 4 is 39.9 Å². The van der Waals surface area contributed by atoms with E-state index in [0.29, 0.717) is 41.6 Å². The smallest absolute Gasteiger partial charge is 0.388 e. The maximum absolute atomic E-state index is 13.5. The van der Waals surface area contributed by atoms with Crippen LogP contribution < -0.4 is 20.7 Å². The van der Waals surface area contributed by atoms with E-state index in [1.54, 1.807) is 4.57 Å². The molecule has 6 rings (SSSR count). The number of fused-ring (bicyclic) bond motifs is 1. The van der Waals surface area contributed by atoms with Gasteiger partial charge in [-0.05, 0) is 37.7 Å². The minimum absolute atomic E-state index is 0.118. The summed E-state index contributed by atoms with van der Waals surface area (Å²) in [5.74, 6) is -4.81. The van der Waals surface area contributed by atoms with Crippen LogP contribution in [0.3, 0.4) is 0 Å². The number of aryl methyl sites for hydroxylation is 2. The van der Waals surface area contributed by atoms with Crippen molar-refractivity contribution in [1.82, 2.24) is 29.9 Å². The molecule has 42 heavy (non-hydrogen) atoms. The van der Waals surface area contributed by atoms with Crippen molar-refractivity contribution in [2.75, 3.05) is 17.2 Å². The van der Waals surface area contributed by atoms with Crippen LogP contribution in [0.25, 0.3) is 0 Å². The molecule has 3 N–H and O–H groups in total. The van der Waals surface area contributed by atoms with Gasteiger partial charge >= 0.3 is 6.61 Å². The largest absolute Gasteiger partial charge is 0.415 e. The Kier molecular flexibility index (Phi) is 7.31.